The minimum absolute atomic E-state index is 1.38. The lowest BCUT2D eigenvalue weighted by atomic mass is 9.89. The third-order valence-corrected chi connectivity index (χ3v) is 1.66. The largest absolute Gasteiger partial charge is 0.0772 e. The number of rotatable bonds is 0. The van der Waals surface area contributed by atoms with Crippen molar-refractivity contribution in [2.45, 2.75) is 33.1 Å². The van der Waals surface area contributed by atoms with Crippen LogP contribution in [0.2, 0.25) is 0 Å². The highest BCUT2D eigenvalue weighted by Crippen LogP contribution is 2.27. The molecule has 0 aromatic carbocycles. The molecule has 0 aromatic rings. The Morgan fingerprint density at radius 1 is 1.29 bits per heavy atom. The molecule has 1 aliphatic rings. The molecular weight excluding hydrogens is 84.1 g/mol. The Kier molecular flexibility index (Phi) is 1.18. The summed E-state index contributed by atoms with van der Waals surface area (Å²) in [6.45, 7) is 4.41. The zero-order valence-corrected chi connectivity index (χ0v) is 5.12. The standard InChI is InChI=1S/C7H12/c1-6(2)7-4-3-5-7/h3-5H2,1-2H3. The van der Waals surface area contributed by atoms with Crippen molar-refractivity contribution in [3.63, 3.8) is 0 Å². The average molecular weight is 96.2 g/mol. The van der Waals surface area contributed by atoms with Gasteiger partial charge in [-0.2, -0.15) is 0 Å². The molecule has 1 saturated carbocycles. The van der Waals surface area contributed by atoms with Crippen LogP contribution < -0.4 is 0 Å². The van der Waals surface area contributed by atoms with Gasteiger partial charge in [0.2, 0.25) is 0 Å². The van der Waals surface area contributed by atoms with Crippen molar-refractivity contribution in [2.75, 3.05) is 0 Å². The van der Waals surface area contributed by atoms with E-state index in [0.29, 0.717) is 0 Å². The van der Waals surface area contributed by atoms with Crippen molar-refractivity contribution in [1.82, 2.24) is 0 Å². The van der Waals surface area contributed by atoms with Gasteiger partial charge in [-0.3, -0.25) is 0 Å². The van der Waals surface area contributed by atoms with Crippen molar-refractivity contribution in [2.24, 2.45) is 0 Å². The summed E-state index contributed by atoms with van der Waals surface area (Å²) in [7, 11) is 0. The molecule has 1 rings (SSSR count). The highest BCUT2D eigenvalue weighted by molar-refractivity contribution is 5.15. The third kappa shape index (κ3) is 0.846. The van der Waals surface area contributed by atoms with Crippen LogP contribution in [0.5, 0.6) is 0 Å². The summed E-state index contributed by atoms with van der Waals surface area (Å²) >= 11 is 0. The quantitative estimate of drug-likeness (QED) is 0.406. The molecule has 0 N–H and O–H groups in total. The Bertz CT molecular complexity index is 88.6. The van der Waals surface area contributed by atoms with E-state index in [1.165, 1.54) is 19.3 Å². The molecule has 1 aliphatic carbocycles. The zero-order chi connectivity index (χ0) is 5.28. The van der Waals surface area contributed by atoms with Crippen LogP contribution in [0.4, 0.5) is 0 Å². The first-order valence-electron chi connectivity index (χ1n) is 2.96. The summed E-state index contributed by atoms with van der Waals surface area (Å²) in [5, 5.41) is 0. The van der Waals surface area contributed by atoms with Gasteiger partial charge in [-0.1, -0.05) is 11.1 Å². The van der Waals surface area contributed by atoms with Crippen LogP contribution in [0.1, 0.15) is 33.1 Å². The van der Waals surface area contributed by atoms with Crippen LogP contribution in [0.15, 0.2) is 11.1 Å². The van der Waals surface area contributed by atoms with Crippen molar-refractivity contribution in [1.29, 1.82) is 0 Å². The van der Waals surface area contributed by atoms with Gasteiger partial charge in [0, 0.05) is 0 Å². The molecule has 0 aromatic heterocycles. The van der Waals surface area contributed by atoms with E-state index in [2.05, 4.69) is 13.8 Å². The average Bonchev–Trinajstić information content (AvgIpc) is 1.23. The molecule has 0 radical (unpaired) electrons. The van der Waals surface area contributed by atoms with E-state index in [-0.39, 0.29) is 0 Å². The highest BCUT2D eigenvalue weighted by Gasteiger charge is 2.07. The molecular formula is C7H12. The van der Waals surface area contributed by atoms with Gasteiger partial charge in [-0.25, -0.2) is 0 Å². The van der Waals surface area contributed by atoms with Gasteiger partial charge < -0.3 is 0 Å². The molecule has 0 amide bonds. The highest BCUT2D eigenvalue weighted by atomic mass is 14.1. The molecule has 0 heterocycles. The van der Waals surface area contributed by atoms with Crippen molar-refractivity contribution < 1.29 is 0 Å². The first-order chi connectivity index (χ1) is 3.30. The molecule has 0 unspecified atom stereocenters. The van der Waals surface area contributed by atoms with Gasteiger partial charge in [0.15, 0.2) is 0 Å². The second kappa shape index (κ2) is 1.69. The summed E-state index contributed by atoms with van der Waals surface area (Å²) in [6, 6.07) is 0. The van der Waals surface area contributed by atoms with Gasteiger partial charge >= 0.3 is 0 Å². The topological polar surface area (TPSA) is 0 Å². The molecule has 0 spiro atoms. The summed E-state index contributed by atoms with van der Waals surface area (Å²) in [5.41, 5.74) is 3.24. The number of hydrogen-bond donors (Lipinski definition) is 0. The maximum atomic E-state index is 2.20. The van der Waals surface area contributed by atoms with Crippen LogP contribution >= 0.6 is 0 Å². The fourth-order valence-corrected chi connectivity index (χ4v) is 0.854. The Hall–Kier alpha value is -0.260. The lowest BCUT2D eigenvalue weighted by molar-refractivity contribution is 0.651. The zero-order valence-electron chi connectivity index (χ0n) is 5.12. The van der Waals surface area contributed by atoms with E-state index < -0.39 is 0 Å². The lowest BCUT2D eigenvalue weighted by Gasteiger charge is -2.17. The van der Waals surface area contributed by atoms with Crippen LogP contribution in [-0.2, 0) is 0 Å². The predicted octanol–water partition coefficient (Wildman–Crippen LogP) is 2.51. The van der Waals surface area contributed by atoms with E-state index in [9.17, 15) is 0 Å². The van der Waals surface area contributed by atoms with E-state index >= 15 is 0 Å². The van der Waals surface area contributed by atoms with Gasteiger partial charge in [-0.15, -0.1) is 0 Å². The summed E-state index contributed by atoms with van der Waals surface area (Å²) in [6.07, 6.45) is 4.19. The predicted molar refractivity (Wildman–Crippen MR) is 32.2 cm³/mol. The van der Waals surface area contributed by atoms with Crippen molar-refractivity contribution in [3.8, 4) is 0 Å². The van der Waals surface area contributed by atoms with Crippen LogP contribution in [-0.4, -0.2) is 0 Å². The lowest BCUT2D eigenvalue weighted by Crippen LogP contribution is -1.97. The molecule has 40 valence electrons. The molecule has 0 atom stereocenters. The number of allylic oxidation sites excluding steroid dienone is 2. The molecule has 0 saturated heterocycles. The normalized spacial score (nSPS) is 18.9. The molecule has 0 bridgehead atoms. The maximum absolute atomic E-state index is 2.20. The van der Waals surface area contributed by atoms with E-state index in [4.69, 9.17) is 0 Å². The molecule has 0 aliphatic heterocycles. The van der Waals surface area contributed by atoms with E-state index in [1.54, 1.807) is 11.1 Å². The monoisotopic (exact) mass is 96.1 g/mol. The third-order valence-electron chi connectivity index (χ3n) is 1.66. The smallest absolute Gasteiger partial charge is 0.0315 e. The Morgan fingerprint density at radius 3 is 1.86 bits per heavy atom. The Balaban J connectivity index is 2.52. The minimum Gasteiger partial charge on any atom is -0.0772 e. The van der Waals surface area contributed by atoms with E-state index in [1.807, 2.05) is 0 Å². The van der Waals surface area contributed by atoms with Gasteiger partial charge in [0.25, 0.3) is 0 Å². The SMILES string of the molecule is CC(C)=C1CCC1. The molecule has 0 heteroatoms. The maximum Gasteiger partial charge on any atom is -0.0315 e. The molecule has 0 nitrogen and oxygen atoms in total. The van der Waals surface area contributed by atoms with E-state index in [0.717, 1.165) is 0 Å². The second-order valence-electron chi connectivity index (χ2n) is 2.46. The summed E-state index contributed by atoms with van der Waals surface area (Å²) < 4.78 is 0. The van der Waals surface area contributed by atoms with Gasteiger partial charge in [-0.05, 0) is 33.1 Å². The minimum atomic E-state index is 1.38. The van der Waals surface area contributed by atoms with Crippen LogP contribution in [0.3, 0.4) is 0 Å². The summed E-state index contributed by atoms with van der Waals surface area (Å²) in [4.78, 5) is 0. The second-order valence-corrected chi connectivity index (χ2v) is 2.46. The first-order valence-corrected chi connectivity index (χ1v) is 2.96. The van der Waals surface area contributed by atoms with Crippen LogP contribution in [0, 0.1) is 0 Å². The summed E-state index contributed by atoms with van der Waals surface area (Å²) in [5.74, 6) is 0. The Morgan fingerprint density at radius 2 is 1.86 bits per heavy atom. The fraction of sp³-hybridized carbons (Fsp3) is 0.714. The number of hydrogen-bond acceptors (Lipinski definition) is 0. The van der Waals surface area contributed by atoms with Gasteiger partial charge in [0.05, 0.1) is 0 Å². The molecule has 1 fully saturated rings. The molecule has 7 heavy (non-hydrogen) atoms. The Labute approximate surface area is 45.2 Å². The van der Waals surface area contributed by atoms with Crippen molar-refractivity contribution in [3.05, 3.63) is 11.1 Å². The van der Waals surface area contributed by atoms with Crippen LogP contribution in [0.25, 0.3) is 0 Å². The fourth-order valence-electron chi connectivity index (χ4n) is 0.854. The first kappa shape index (κ1) is 4.89. The van der Waals surface area contributed by atoms with Crippen molar-refractivity contribution >= 4 is 0 Å². The van der Waals surface area contributed by atoms with Gasteiger partial charge in [0.1, 0.15) is 0 Å².